The van der Waals surface area contributed by atoms with Gasteiger partial charge in [-0.2, -0.15) is 0 Å². The molecule has 0 bridgehead atoms. The molecule has 2 aromatic rings. The normalized spacial score (nSPS) is 19.1. The minimum absolute atomic E-state index is 0.0464. The van der Waals surface area contributed by atoms with Gasteiger partial charge in [0.1, 0.15) is 5.66 Å². The van der Waals surface area contributed by atoms with Crippen molar-refractivity contribution in [1.82, 2.24) is 5.01 Å². The average Bonchev–Trinajstić information content (AvgIpc) is 2.60. The first kappa shape index (κ1) is 14.1. The lowest BCUT2D eigenvalue weighted by atomic mass is 9.85. The van der Waals surface area contributed by atoms with Gasteiger partial charge in [0.25, 0.3) is 5.91 Å². The number of carbonyl (C=O) groups excluding carboxylic acids is 1. The Morgan fingerprint density at radius 1 is 0.913 bits per heavy atom. The van der Waals surface area contributed by atoms with Crippen LogP contribution in [0.5, 0.6) is 0 Å². The molecule has 0 radical (unpaired) electrons. The summed E-state index contributed by atoms with van der Waals surface area (Å²) in [5, 5.41) is 5.48. The molecule has 23 heavy (non-hydrogen) atoms. The van der Waals surface area contributed by atoms with Crippen molar-refractivity contribution in [3.63, 3.8) is 0 Å². The Kier molecular flexibility index (Phi) is 3.45. The van der Waals surface area contributed by atoms with Gasteiger partial charge in [-0.25, -0.2) is 5.01 Å². The molecule has 1 amide bonds. The molecule has 1 spiro atoms. The molecule has 0 unspecified atom stereocenters. The number of anilines is 2. The lowest BCUT2D eigenvalue weighted by Gasteiger charge is -2.50. The number of nitrogens with one attached hydrogen (secondary N) is 2. The van der Waals surface area contributed by atoms with Crippen molar-refractivity contribution in [3.8, 4) is 0 Å². The van der Waals surface area contributed by atoms with E-state index in [1.54, 1.807) is 0 Å². The number of fused-ring (bicyclic) bond motifs is 1. The SMILES string of the molecule is O=C1c2ccccc2NC2(CCCCC2)N1Nc1ccccc1. The highest BCUT2D eigenvalue weighted by Gasteiger charge is 2.45. The number of hydrogen-bond acceptors (Lipinski definition) is 3. The largest absolute Gasteiger partial charge is 0.361 e. The van der Waals surface area contributed by atoms with Crippen molar-refractivity contribution in [2.24, 2.45) is 0 Å². The quantitative estimate of drug-likeness (QED) is 0.872. The molecular formula is C19H21N3O. The Morgan fingerprint density at radius 2 is 1.61 bits per heavy atom. The zero-order valence-electron chi connectivity index (χ0n) is 13.1. The van der Waals surface area contributed by atoms with Crippen LogP contribution in [0.2, 0.25) is 0 Å². The molecule has 0 saturated heterocycles. The van der Waals surface area contributed by atoms with Crippen molar-refractivity contribution in [1.29, 1.82) is 0 Å². The van der Waals surface area contributed by atoms with Gasteiger partial charge in [-0.1, -0.05) is 36.8 Å². The van der Waals surface area contributed by atoms with Gasteiger partial charge >= 0.3 is 0 Å². The second kappa shape index (κ2) is 5.61. The predicted octanol–water partition coefficient (Wildman–Crippen LogP) is 4.24. The first-order valence-electron chi connectivity index (χ1n) is 8.32. The molecule has 4 rings (SSSR count). The molecule has 4 nitrogen and oxygen atoms in total. The number of carbonyl (C=O) groups is 1. The first-order valence-corrected chi connectivity index (χ1v) is 8.32. The highest BCUT2D eigenvalue weighted by atomic mass is 16.2. The summed E-state index contributed by atoms with van der Waals surface area (Å²) in [6, 6.07) is 17.7. The predicted molar refractivity (Wildman–Crippen MR) is 92.1 cm³/mol. The summed E-state index contributed by atoms with van der Waals surface area (Å²) in [7, 11) is 0. The zero-order valence-corrected chi connectivity index (χ0v) is 13.1. The van der Waals surface area contributed by atoms with Crippen molar-refractivity contribution in [3.05, 3.63) is 60.2 Å². The Labute approximate surface area is 136 Å². The average molecular weight is 307 g/mol. The summed E-state index contributed by atoms with van der Waals surface area (Å²) in [5.74, 6) is 0.0464. The Hall–Kier alpha value is -2.49. The number of amides is 1. The van der Waals surface area contributed by atoms with Crippen LogP contribution in [0, 0.1) is 0 Å². The van der Waals surface area contributed by atoms with E-state index < -0.39 is 0 Å². The van der Waals surface area contributed by atoms with E-state index in [0.717, 1.165) is 42.6 Å². The molecular weight excluding hydrogens is 286 g/mol. The van der Waals surface area contributed by atoms with E-state index in [-0.39, 0.29) is 11.6 Å². The van der Waals surface area contributed by atoms with Crippen LogP contribution < -0.4 is 10.7 Å². The van der Waals surface area contributed by atoms with Crippen molar-refractivity contribution < 1.29 is 4.79 Å². The molecule has 0 atom stereocenters. The van der Waals surface area contributed by atoms with E-state index in [1.165, 1.54) is 6.42 Å². The Balaban J connectivity index is 1.75. The van der Waals surface area contributed by atoms with Crippen LogP contribution >= 0.6 is 0 Å². The van der Waals surface area contributed by atoms with Crippen LogP contribution in [0.4, 0.5) is 11.4 Å². The summed E-state index contributed by atoms with van der Waals surface area (Å²) in [5.41, 5.74) is 5.63. The number of rotatable bonds is 2. The van der Waals surface area contributed by atoms with Crippen LogP contribution in [0.3, 0.4) is 0 Å². The van der Waals surface area contributed by atoms with Crippen molar-refractivity contribution in [2.45, 2.75) is 37.8 Å². The molecule has 1 fully saturated rings. The summed E-state index contributed by atoms with van der Waals surface area (Å²) in [4.78, 5) is 13.1. The smallest absolute Gasteiger partial charge is 0.276 e. The standard InChI is InChI=1S/C19H21N3O/c23-18-16-11-5-6-12-17(16)20-19(13-7-2-8-14-19)22(18)21-15-9-3-1-4-10-15/h1,3-6,9-12,20-21H,2,7-8,13-14H2. The van der Waals surface area contributed by atoms with E-state index in [2.05, 4.69) is 10.7 Å². The fraction of sp³-hybridized carbons (Fsp3) is 0.316. The highest BCUT2D eigenvalue weighted by Crippen LogP contribution is 2.40. The van der Waals surface area contributed by atoms with Crippen LogP contribution in [-0.4, -0.2) is 16.6 Å². The number of hydrogen-bond donors (Lipinski definition) is 2. The van der Waals surface area contributed by atoms with Crippen LogP contribution in [0.15, 0.2) is 54.6 Å². The maximum absolute atomic E-state index is 13.1. The Bertz CT molecular complexity index is 708. The van der Waals surface area contributed by atoms with E-state index in [9.17, 15) is 4.79 Å². The van der Waals surface area contributed by atoms with Gasteiger partial charge in [-0.3, -0.25) is 10.2 Å². The third-order valence-corrected chi connectivity index (χ3v) is 4.85. The summed E-state index contributed by atoms with van der Waals surface area (Å²) in [6.07, 6.45) is 5.43. The number of nitrogens with zero attached hydrogens (tertiary/aromatic N) is 1. The molecule has 4 heteroatoms. The van der Waals surface area contributed by atoms with Gasteiger partial charge in [-0.05, 0) is 49.9 Å². The van der Waals surface area contributed by atoms with Crippen LogP contribution in [0.25, 0.3) is 0 Å². The van der Waals surface area contributed by atoms with Crippen LogP contribution in [-0.2, 0) is 0 Å². The lowest BCUT2D eigenvalue weighted by molar-refractivity contribution is 0.0494. The van der Waals surface area contributed by atoms with Gasteiger partial charge in [0.2, 0.25) is 0 Å². The van der Waals surface area contributed by atoms with Gasteiger partial charge in [0.05, 0.1) is 11.3 Å². The second-order valence-electron chi connectivity index (χ2n) is 6.38. The highest BCUT2D eigenvalue weighted by molar-refractivity contribution is 6.02. The Morgan fingerprint density at radius 3 is 2.39 bits per heavy atom. The van der Waals surface area contributed by atoms with Gasteiger partial charge in [0.15, 0.2) is 0 Å². The zero-order chi connectivity index (χ0) is 15.7. The van der Waals surface area contributed by atoms with Gasteiger partial charge in [-0.15, -0.1) is 0 Å². The van der Waals surface area contributed by atoms with Crippen molar-refractivity contribution in [2.75, 3.05) is 10.7 Å². The van der Waals surface area contributed by atoms with E-state index >= 15 is 0 Å². The van der Waals surface area contributed by atoms with E-state index in [0.29, 0.717) is 0 Å². The topological polar surface area (TPSA) is 44.4 Å². The molecule has 0 aromatic heterocycles. The maximum atomic E-state index is 13.1. The molecule has 118 valence electrons. The lowest BCUT2D eigenvalue weighted by Crippen LogP contribution is -2.62. The van der Waals surface area contributed by atoms with Gasteiger partial charge < -0.3 is 5.32 Å². The molecule has 1 heterocycles. The minimum Gasteiger partial charge on any atom is -0.361 e. The van der Waals surface area contributed by atoms with E-state index in [4.69, 9.17) is 0 Å². The summed E-state index contributed by atoms with van der Waals surface area (Å²) >= 11 is 0. The van der Waals surface area contributed by atoms with Crippen molar-refractivity contribution >= 4 is 17.3 Å². The summed E-state index contributed by atoms with van der Waals surface area (Å²) in [6.45, 7) is 0. The molecule has 2 aromatic carbocycles. The third kappa shape index (κ3) is 2.44. The molecule has 2 N–H and O–H groups in total. The second-order valence-corrected chi connectivity index (χ2v) is 6.38. The number of hydrazine groups is 1. The van der Waals surface area contributed by atoms with E-state index in [1.807, 2.05) is 59.6 Å². The number of para-hydroxylation sites is 2. The molecule has 1 saturated carbocycles. The van der Waals surface area contributed by atoms with Crippen LogP contribution in [0.1, 0.15) is 42.5 Å². The fourth-order valence-electron chi connectivity index (χ4n) is 3.68. The monoisotopic (exact) mass is 307 g/mol. The molecule has 2 aliphatic rings. The molecule has 1 aliphatic heterocycles. The minimum atomic E-state index is -0.334. The first-order chi connectivity index (χ1) is 11.3. The van der Waals surface area contributed by atoms with Gasteiger partial charge in [0, 0.05) is 5.69 Å². The number of benzene rings is 2. The molecule has 1 aliphatic carbocycles. The fourth-order valence-corrected chi connectivity index (χ4v) is 3.68. The maximum Gasteiger partial charge on any atom is 0.276 e. The summed E-state index contributed by atoms with van der Waals surface area (Å²) < 4.78 is 0. The third-order valence-electron chi connectivity index (χ3n) is 4.85.